The Morgan fingerprint density at radius 3 is 2.95 bits per heavy atom. The zero-order valence-electron chi connectivity index (χ0n) is 11.0. The molecule has 0 radical (unpaired) electrons. The van der Waals surface area contributed by atoms with Crippen LogP contribution in [0.5, 0.6) is 0 Å². The number of hydrogen-bond donors (Lipinski definition) is 1. The minimum absolute atomic E-state index is 0.00714. The smallest absolute Gasteiger partial charge is 0.307 e. The molecular formula is C12H13N3O5S. The molecule has 0 spiro atoms. The van der Waals surface area contributed by atoms with Crippen molar-refractivity contribution in [1.82, 2.24) is 14.6 Å². The lowest BCUT2D eigenvalue weighted by atomic mass is 10.0. The fraction of sp³-hybridized carbons (Fsp3) is 0.417. The third-order valence-electron chi connectivity index (χ3n) is 3.60. The molecule has 2 heterocycles. The summed E-state index contributed by atoms with van der Waals surface area (Å²) in [6, 6.07) is 4.57. The van der Waals surface area contributed by atoms with Crippen LogP contribution in [-0.2, 0) is 14.8 Å². The standard InChI is InChI=1S/C12H13N3O5S/c16-12(17)8-3-2-6-15(7-8)21(18,19)10-5-1-4-9-11(10)14-20-13-9/h1,4-5,8H,2-3,6-7H2,(H,16,17)/t8-/m1/s1. The van der Waals surface area contributed by atoms with Crippen LogP contribution in [0.1, 0.15) is 12.8 Å². The number of carboxylic acids is 1. The molecule has 1 atom stereocenters. The molecule has 8 nitrogen and oxygen atoms in total. The zero-order chi connectivity index (χ0) is 15.0. The summed E-state index contributed by atoms with van der Waals surface area (Å²) in [6.07, 6.45) is 1.00. The quantitative estimate of drug-likeness (QED) is 0.887. The average molecular weight is 311 g/mol. The van der Waals surface area contributed by atoms with Crippen LogP contribution in [0.25, 0.3) is 11.0 Å². The molecule has 1 aliphatic rings. The first-order valence-electron chi connectivity index (χ1n) is 6.44. The number of sulfonamides is 1. The van der Waals surface area contributed by atoms with Gasteiger partial charge in [-0.1, -0.05) is 6.07 Å². The summed E-state index contributed by atoms with van der Waals surface area (Å²) in [7, 11) is -3.82. The van der Waals surface area contributed by atoms with Gasteiger partial charge in [-0.15, -0.1) is 0 Å². The highest BCUT2D eigenvalue weighted by Crippen LogP contribution is 2.27. The first kappa shape index (κ1) is 14.0. The van der Waals surface area contributed by atoms with E-state index in [1.165, 1.54) is 10.4 Å². The Kier molecular flexibility index (Phi) is 3.38. The summed E-state index contributed by atoms with van der Waals surface area (Å²) < 4.78 is 31.1. The van der Waals surface area contributed by atoms with E-state index in [9.17, 15) is 13.2 Å². The van der Waals surface area contributed by atoms with Crippen molar-refractivity contribution in [1.29, 1.82) is 0 Å². The molecule has 2 aromatic rings. The summed E-state index contributed by atoms with van der Waals surface area (Å²) in [5.74, 6) is -1.65. The molecule has 1 aliphatic heterocycles. The lowest BCUT2D eigenvalue weighted by Gasteiger charge is -2.29. The summed E-state index contributed by atoms with van der Waals surface area (Å²) in [5, 5.41) is 16.3. The molecule has 0 unspecified atom stereocenters. The van der Waals surface area contributed by atoms with Gasteiger partial charge in [0.15, 0.2) is 5.52 Å². The van der Waals surface area contributed by atoms with E-state index in [0.29, 0.717) is 24.9 Å². The van der Waals surface area contributed by atoms with Gasteiger partial charge in [0.2, 0.25) is 10.0 Å². The van der Waals surface area contributed by atoms with Gasteiger partial charge >= 0.3 is 5.97 Å². The summed E-state index contributed by atoms with van der Waals surface area (Å²) in [4.78, 5) is 11.1. The number of benzene rings is 1. The maximum atomic E-state index is 12.7. The van der Waals surface area contributed by atoms with E-state index in [-0.39, 0.29) is 17.0 Å². The molecule has 112 valence electrons. The number of carboxylic acid groups (broad SMARTS) is 1. The van der Waals surface area contributed by atoms with Gasteiger partial charge in [0.05, 0.1) is 5.92 Å². The van der Waals surface area contributed by atoms with Crippen LogP contribution in [0.4, 0.5) is 0 Å². The van der Waals surface area contributed by atoms with Crippen LogP contribution < -0.4 is 0 Å². The lowest BCUT2D eigenvalue weighted by molar-refractivity contribution is -0.142. The first-order chi connectivity index (χ1) is 10.00. The second-order valence-electron chi connectivity index (χ2n) is 4.93. The number of aromatic nitrogens is 2. The topological polar surface area (TPSA) is 114 Å². The van der Waals surface area contributed by atoms with Crippen molar-refractivity contribution in [2.75, 3.05) is 13.1 Å². The molecule has 1 fully saturated rings. The molecule has 3 rings (SSSR count). The SMILES string of the molecule is O=C(O)[C@@H]1CCCN(S(=O)(=O)c2cccc3nonc23)C1. The Bertz CT molecular complexity index is 785. The fourth-order valence-electron chi connectivity index (χ4n) is 2.49. The molecule has 1 N–H and O–H groups in total. The van der Waals surface area contributed by atoms with Crippen molar-refractivity contribution in [3.8, 4) is 0 Å². The Morgan fingerprint density at radius 1 is 1.38 bits per heavy atom. The second kappa shape index (κ2) is 5.08. The van der Waals surface area contributed by atoms with E-state index < -0.39 is 21.9 Å². The minimum atomic E-state index is -3.82. The molecule has 21 heavy (non-hydrogen) atoms. The third-order valence-corrected chi connectivity index (χ3v) is 5.50. The van der Waals surface area contributed by atoms with Crippen LogP contribution in [-0.4, -0.2) is 47.2 Å². The highest BCUT2D eigenvalue weighted by molar-refractivity contribution is 7.89. The van der Waals surface area contributed by atoms with Gasteiger partial charge in [-0.25, -0.2) is 13.0 Å². The molecule has 1 aromatic carbocycles. The molecule has 0 aliphatic carbocycles. The maximum Gasteiger partial charge on any atom is 0.307 e. The Hall–Kier alpha value is -2.00. The predicted molar refractivity (Wildman–Crippen MR) is 70.9 cm³/mol. The normalized spacial score (nSPS) is 20.7. The van der Waals surface area contributed by atoms with Crippen LogP contribution in [0.15, 0.2) is 27.7 Å². The van der Waals surface area contributed by atoms with E-state index in [0.717, 1.165) is 0 Å². The molecule has 0 bridgehead atoms. The van der Waals surface area contributed by atoms with E-state index in [2.05, 4.69) is 14.9 Å². The lowest BCUT2D eigenvalue weighted by Crippen LogP contribution is -2.42. The van der Waals surface area contributed by atoms with E-state index in [1.54, 1.807) is 12.1 Å². The van der Waals surface area contributed by atoms with Crippen molar-refractivity contribution in [3.63, 3.8) is 0 Å². The van der Waals surface area contributed by atoms with Gasteiger partial charge in [0.25, 0.3) is 0 Å². The van der Waals surface area contributed by atoms with E-state index in [4.69, 9.17) is 5.11 Å². The Labute approximate surface area is 120 Å². The van der Waals surface area contributed by atoms with Gasteiger partial charge in [-0.2, -0.15) is 4.31 Å². The highest BCUT2D eigenvalue weighted by atomic mass is 32.2. The van der Waals surface area contributed by atoms with Gasteiger partial charge in [0, 0.05) is 13.1 Å². The summed E-state index contributed by atoms with van der Waals surface area (Å²) in [6.45, 7) is 0.271. The molecule has 1 saturated heterocycles. The van der Waals surface area contributed by atoms with Crippen LogP contribution in [0.3, 0.4) is 0 Å². The molecule has 1 aromatic heterocycles. The van der Waals surface area contributed by atoms with Crippen LogP contribution >= 0.6 is 0 Å². The first-order valence-corrected chi connectivity index (χ1v) is 7.88. The Balaban J connectivity index is 2.00. The highest BCUT2D eigenvalue weighted by Gasteiger charge is 2.34. The van der Waals surface area contributed by atoms with E-state index in [1.807, 2.05) is 0 Å². The second-order valence-corrected chi connectivity index (χ2v) is 6.83. The predicted octanol–water partition coefficient (Wildman–Crippen LogP) is 0.708. The largest absolute Gasteiger partial charge is 0.481 e. The van der Waals surface area contributed by atoms with Crippen molar-refractivity contribution >= 4 is 27.0 Å². The van der Waals surface area contributed by atoms with Gasteiger partial charge in [-0.3, -0.25) is 4.79 Å². The number of aliphatic carboxylic acids is 1. The van der Waals surface area contributed by atoms with Crippen molar-refractivity contribution in [2.45, 2.75) is 17.7 Å². The molecule has 0 amide bonds. The number of fused-ring (bicyclic) bond motifs is 1. The number of rotatable bonds is 3. The van der Waals surface area contributed by atoms with Crippen molar-refractivity contribution in [2.24, 2.45) is 5.92 Å². The minimum Gasteiger partial charge on any atom is -0.481 e. The Morgan fingerprint density at radius 2 is 2.19 bits per heavy atom. The third kappa shape index (κ3) is 2.38. The van der Waals surface area contributed by atoms with Crippen molar-refractivity contribution in [3.05, 3.63) is 18.2 Å². The molecular weight excluding hydrogens is 298 g/mol. The number of piperidine rings is 1. The summed E-state index contributed by atoms with van der Waals surface area (Å²) >= 11 is 0. The van der Waals surface area contributed by atoms with E-state index >= 15 is 0 Å². The molecule has 0 saturated carbocycles. The number of nitrogens with zero attached hydrogens (tertiary/aromatic N) is 3. The number of carbonyl (C=O) groups is 1. The molecule has 9 heteroatoms. The monoisotopic (exact) mass is 311 g/mol. The van der Waals surface area contributed by atoms with Gasteiger partial charge < -0.3 is 5.11 Å². The van der Waals surface area contributed by atoms with Crippen LogP contribution in [0, 0.1) is 5.92 Å². The van der Waals surface area contributed by atoms with Gasteiger partial charge in [-0.05, 0) is 35.3 Å². The van der Waals surface area contributed by atoms with Crippen LogP contribution in [0.2, 0.25) is 0 Å². The maximum absolute atomic E-state index is 12.7. The van der Waals surface area contributed by atoms with Crippen molar-refractivity contribution < 1.29 is 22.9 Å². The summed E-state index contributed by atoms with van der Waals surface area (Å²) in [5.41, 5.74) is 0.512. The number of hydrogen-bond acceptors (Lipinski definition) is 6. The zero-order valence-corrected chi connectivity index (χ0v) is 11.8. The fourth-order valence-corrected chi connectivity index (χ4v) is 4.15. The van der Waals surface area contributed by atoms with Gasteiger partial charge in [0.1, 0.15) is 10.4 Å². The average Bonchev–Trinajstić information content (AvgIpc) is 2.95.